The van der Waals surface area contributed by atoms with Gasteiger partial charge in [0.25, 0.3) is 0 Å². The molecule has 0 aliphatic heterocycles. The van der Waals surface area contributed by atoms with Gasteiger partial charge in [0.15, 0.2) is 0 Å². The van der Waals surface area contributed by atoms with Crippen LogP contribution < -0.4 is 10.1 Å². The molecule has 0 unspecified atom stereocenters. The number of nitrogens with one attached hydrogen (secondary N) is 1. The molecule has 0 aliphatic carbocycles. The molecule has 5 nitrogen and oxygen atoms in total. The number of aryl methyl sites for hydroxylation is 1. The zero-order valence-electron chi connectivity index (χ0n) is 14.3. The molecule has 0 spiro atoms. The van der Waals surface area contributed by atoms with Crippen molar-refractivity contribution >= 4 is 32.7 Å². The van der Waals surface area contributed by atoms with Crippen LogP contribution in [0.25, 0.3) is 11.0 Å². The van der Waals surface area contributed by atoms with E-state index >= 15 is 0 Å². The lowest BCUT2D eigenvalue weighted by Gasteiger charge is -2.13. The Kier molecular flexibility index (Phi) is 4.76. The number of hydrogen-bond donors (Lipinski definition) is 1. The van der Waals surface area contributed by atoms with E-state index in [0.717, 1.165) is 39.3 Å². The Morgan fingerprint density at radius 2 is 1.96 bits per heavy atom. The van der Waals surface area contributed by atoms with Crippen molar-refractivity contribution in [2.24, 2.45) is 0 Å². The van der Waals surface area contributed by atoms with E-state index in [-0.39, 0.29) is 6.04 Å². The number of aromatic nitrogens is 3. The monoisotopic (exact) mass is 388 g/mol. The van der Waals surface area contributed by atoms with Crippen molar-refractivity contribution in [1.29, 1.82) is 0 Å². The third-order valence-electron chi connectivity index (χ3n) is 3.92. The lowest BCUT2D eigenvalue weighted by Crippen LogP contribution is -2.07. The van der Waals surface area contributed by atoms with Gasteiger partial charge in [-0.3, -0.25) is 4.68 Å². The molecule has 0 bridgehead atoms. The van der Waals surface area contributed by atoms with Crippen LogP contribution in [-0.4, -0.2) is 21.9 Å². The molecule has 6 heteroatoms. The summed E-state index contributed by atoms with van der Waals surface area (Å²) in [7, 11) is 1.67. The van der Waals surface area contributed by atoms with Crippen molar-refractivity contribution in [2.45, 2.75) is 33.4 Å². The summed E-state index contributed by atoms with van der Waals surface area (Å²) in [5.74, 6) is 0.862. The van der Waals surface area contributed by atoms with E-state index in [1.165, 1.54) is 5.56 Å². The molecule has 2 heterocycles. The summed E-state index contributed by atoms with van der Waals surface area (Å²) in [6.45, 7) is 6.97. The normalized spacial score (nSPS) is 11.2. The SMILES string of the molecule is COc1ccc(CNc2cc(Br)nc3c(C)nn(C(C)C)c23)cc1. The number of halogens is 1. The van der Waals surface area contributed by atoms with Crippen LogP contribution >= 0.6 is 15.9 Å². The topological polar surface area (TPSA) is 52.0 Å². The van der Waals surface area contributed by atoms with Crippen LogP contribution in [-0.2, 0) is 6.54 Å². The molecular weight excluding hydrogens is 368 g/mol. The summed E-state index contributed by atoms with van der Waals surface area (Å²) < 4.78 is 8.04. The second-order valence-corrected chi connectivity index (χ2v) is 6.83. The summed E-state index contributed by atoms with van der Waals surface area (Å²) in [4.78, 5) is 4.59. The minimum atomic E-state index is 0.269. The molecule has 0 atom stereocenters. The first-order valence-electron chi connectivity index (χ1n) is 7.91. The third kappa shape index (κ3) is 3.24. The molecule has 0 radical (unpaired) electrons. The number of hydrogen-bond acceptors (Lipinski definition) is 4. The van der Waals surface area contributed by atoms with Gasteiger partial charge < -0.3 is 10.1 Å². The van der Waals surface area contributed by atoms with Gasteiger partial charge in [0.2, 0.25) is 0 Å². The molecule has 0 amide bonds. The first kappa shape index (κ1) is 16.8. The highest BCUT2D eigenvalue weighted by molar-refractivity contribution is 9.10. The summed E-state index contributed by atoms with van der Waals surface area (Å²) >= 11 is 3.50. The average molecular weight is 389 g/mol. The first-order valence-corrected chi connectivity index (χ1v) is 8.71. The Hall–Kier alpha value is -2.08. The zero-order valence-corrected chi connectivity index (χ0v) is 15.9. The molecule has 0 saturated carbocycles. The van der Waals surface area contributed by atoms with Gasteiger partial charge in [-0.2, -0.15) is 5.10 Å². The fourth-order valence-corrected chi connectivity index (χ4v) is 3.11. The van der Waals surface area contributed by atoms with Crippen LogP contribution in [0.2, 0.25) is 0 Å². The molecule has 0 aliphatic rings. The minimum Gasteiger partial charge on any atom is -0.497 e. The summed E-state index contributed by atoms with van der Waals surface area (Å²) in [5.41, 5.74) is 5.11. The van der Waals surface area contributed by atoms with Gasteiger partial charge in [0.1, 0.15) is 21.4 Å². The molecule has 0 fully saturated rings. The lowest BCUT2D eigenvalue weighted by atomic mass is 10.2. The van der Waals surface area contributed by atoms with Crippen molar-refractivity contribution in [3.05, 3.63) is 46.2 Å². The van der Waals surface area contributed by atoms with Crippen molar-refractivity contribution < 1.29 is 4.74 Å². The Bertz CT molecular complexity index is 856. The van der Waals surface area contributed by atoms with Gasteiger partial charge in [-0.1, -0.05) is 12.1 Å². The molecule has 3 rings (SSSR count). The number of nitrogens with zero attached hydrogens (tertiary/aromatic N) is 3. The van der Waals surface area contributed by atoms with Crippen LogP contribution in [0.4, 0.5) is 5.69 Å². The Morgan fingerprint density at radius 3 is 2.58 bits per heavy atom. The number of anilines is 1. The summed E-state index contributed by atoms with van der Waals surface area (Å²) in [6, 6.07) is 10.3. The largest absolute Gasteiger partial charge is 0.497 e. The Morgan fingerprint density at radius 1 is 1.25 bits per heavy atom. The van der Waals surface area contributed by atoms with Crippen LogP contribution in [0.3, 0.4) is 0 Å². The van der Waals surface area contributed by atoms with Crippen LogP contribution in [0.1, 0.15) is 31.1 Å². The number of rotatable bonds is 5. The van der Waals surface area contributed by atoms with Gasteiger partial charge in [-0.25, -0.2) is 4.98 Å². The average Bonchev–Trinajstić information content (AvgIpc) is 2.90. The van der Waals surface area contributed by atoms with Crippen LogP contribution in [0, 0.1) is 6.92 Å². The highest BCUT2D eigenvalue weighted by Gasteiger charge is 2.16. The molecule has 24 heavy (non-hydrogen) atoms. The van der Waals surface area contributed by atoms with Crippen molar-refractivity contribution in [3.63, 3.8) is 0 Å². The number of fused-ring (bicyclic) bond motifs is 1. The quantitative estimate of drug-likeness (QED) is 0.643. The summed E-state index contributed by atoms with van der Waals surface area (Å²) in [5, 5.41) is 8.16. The Balaban J connectivity index is 1.95. The summed E-state index contributed by atoms with van der Waals surface area (Å²) in [6.07, 6.45) is 0. The first-order chi connectivity index (χ1) is 11.5. The number of pyridine rings is 1. The van der Waals surface area contributed by atoms with E-state index in [9.17, 15) is 0 Å². The maximum atomic E-state index is 5.20. The van der Waals surface area contributed by atoms with E-state index in [1.807, 2.05) is 29.8 Å². The van der Waals surface area contributed by atoms with Gasteiger partial charge in [-0.05, 0) is 60.5 Å². The van der Waals surface area contributed by atoms with Crippen molar-refractivity contribution in [1.82, 2.24) is 14.8 Å². The van der Waals surface area contributed by atoms with E-state index in [4.69, 9.17) is 4.74 Å². The zero-order chi connectivity index (χ0) is 17.3. The maximum Gasteiger partial charge on any atom is 0.118 e. The number of ether oxygens (including phenoxy) is 1. The molecular formula is C18H21BrN4O. The molecule has 0 saturated heterocycles. The van der Waals surface area contributed by atoms with E-state index in [0.29, 0.717) is 0 Å². The second-order valence-electron chi connectivity index (χ2n) is 6.02. The second kappa shape index (κ2) is 6.81. The van der Waals surface area contributed by atoms with Crippen molar-refractivity contribution in [3.8, 4) is 5.75 Å². The molecule has 126 valence electrons. The number of benzene rings is 1. The molecule has 3 aromatic rings. The lowest BCUT2D eigenvalue weighted by molar-refractivity contribution is 0.414. The highest BCUT2D eigenvalue weighted by Crippen LogP contribution is 2.30. The van der Waals surface area contributed by atoms with E-state index in [1.54, 1.807) is 7.11 Å². The standard InChI is InChI=1S/C18H21BrN4O/c1-11(2)23-18-15(9-16(19)21-17(18)12(3)22-23)20-10-13-5-7-14(24-4)8-6-13/h5-9,11H,10H2,1-4H3,(H,20,21). The van der Waals surface area contributed by atoms with Crippen molar-refractivity contribution in [2.75, 3.05) is 12.4 Å². The van der Waals surface area contributed by atoms with E-state index < -0.39 is 0 Å². The fraction of sp³-hybridized carbons (Fsp3) is 0.333. The maximum absolute atomic E-state index is 5.20. The molecule has 1 N–H and O–H groups in total. The van der Waals surface area contributed by atoms with Gasteiger partial charge in [0.05, 0.1) is 18.5 Å². The third-order valence-corrected chi connectivity index (χ3v) is 4.33. The smallest absolute Gasteiger partial charge is 0.118 e. The fourth-order valence-electron chi connectivity index (χ4n) is 2.70. The molecule has 2 aromatic heterocycles. The minimum absolute atomic E-state index is 0.269. The van der Waals surface area contributed by atoms with Crippen LogP contribution in [0.5, 0.6) is 5.75 Å². The van der Waals surface area contributed by atoms with Gasteiger partial charge in [-0.15, -0.1) is 0 Å². The van der Waals surface area contributed by atoms with Gasteiger partial charge >= 0.3 is 0 Å². The Labute approximate surface area is 150 Å². The van der Waals surface area contributed by atoms with Crippen LogP contribution in [0.15, 0.2) is 34.9 Å². The predicted molar refractivity (Wildman–Crippen MR) is 101 cm³/mol. The van der Waals surface area contributed by atoms with E-state index in [2.05, 4.69) is 57.3 Å². The predicted octanol–water partition coefficient (Wildman–Crippen LogP) is 4.70. The number of methoxy groups -OCH3 is 1. The highest BCUT2D eigenvalue weighted by atomic mass is 79.9. The molecule has 1 aromatic carbocycles. The van der Waals surface area contributed by atoms with Gasteiger partial charge in [0, 0.05) is 12.6 Å².